The number of hydrogen-bond donors (Lipinski definition) is 0. The third-order valence-corrected chi connectivity index (χ3v) is 3.35. The maximum absolute atomic E-state index is 13.9. The average Bonchev–Trinajstić information content (AvgIpc) is 2.47. The molecular weight excluding hydrogens is 325 g/mol. The fraction of sp³-hybridized carbons (Fsp3) is 0.133. The Hall–Kier alpha value is -2.06. The number of hydrogen-bond acceptors (Lipinski definition) is 3. The second-order valence-electron chi connectivity index (χ2n) is 3.95. The molecule has 0 aliphatic carbocycles. The van der Waals surface area contributed by atoms with Crippen LogP contribution in [-0.2, 0) is 6.61 Å². The van der Waals surface area contributed by atoms with E-state index >= 15 is 0 Å². The Morgan fingerprint density at radius 2 is 2.00 bits per heavy atom. The summed E-state index contributed by atoms with van der Waals surface area (Å²) in [6.45, 7) is 0.0142. The van der Waals surface area contributed by atoms with Crippen molar-refractivity contribution in [2.75, 3.05) is 7.11 Å². The molecule has 0 saturated heterocycles. The number of halogens is 2. The Labute approximate surface area is 124 Å². The lowest BCUT2D eigenvalue weighted by Gasteiger charge is -2.12. The van der Waals surface area contributed by atoms with Gasteiger partial charge in [-0.1, -0.05) is 18.2 Å². The Bertz CT molecular complexity index is 667. The summed E-state index contributed by atoms with van der Waals surface area (Å²) in [7, 11) is 1.53. The molecule has 0 fully saturated rings. The van der Waals surface area contributed by atoms with E-state index in [0.717, 1.165) is 0 Å². The van der Waals surface area contributed by atoms with Crippen LogP contribution in [0.1, 0.15) is 11.1 Å². The Kier molecular flexibility index (Phi) is 4.59. The molecule has 0 aliphatic heterocycles. The maximum atomic E-state index is 13.9. The standard InChI is InChI=1S/C15H11BrFNO2/c1-19-13-7-3-6-12(16)15(13)20-9-11-5-2-4-10(8-18)14(11)17/h2-7H,9H2,1H3. The van der Waals surface area contributed by atoms with E-state index < -0.39 is 5.82 Å². The fourth-order valence-corrected chi connectivity index (χ4v) is 2.18. The lowest BCUT2D eigenvalue weighted by atomic mass is 10.1. The van der Waals surface area contributed by atoms with Gasteiger partial charge in [-0.05, 0) is 34.1 Å². The summed E-state index contributed by atoms with van der Waals surface area (Å²) in [4.78, 5) is 0. The van der Waals surface area contributed by atoms with Gasteiger partial charge in [0.15, 0.2) is 11.5 Å². The van der Waals surface area contributed by atoms with Gasteiger partial charge >= 0.3 is 0 Å². The van der Waals surface area contributed by atoms with Gasteiger partial charge in [0.05, 0.1) is 17.1 Å². The van der Waals surface area contributed by atoms with Gasteiger partial charge in [0, 0.05) is 5.56 Å². The van der Waals surface area contributed by atoms with Crippen molar-refractivity contribution >= 4 is 15.9 Å². The molecule has 5 heteroatoms. The minimum Gasteiger partial charge on any atom is -0.493 e. The van der Waals surface area contributed by atoms with Crippen LogP contribution >= 0.6 is 15.9 Å². The molecule has 0 amide bonds. The van der Waals surface area contributed by atoms with Crippen molar-refractivity contribution < 1.29 is 13.9 Å². The average molecular weight is 336 g/mol. The zero-order chi connectivity index (χ0) is 14.5. The van der Waals surface area contributed by atoms with Gasteiger partial charge in [-0.2, -0.15) is 5.26 Å². The van der Waals surface area contributed by atoms with Gasteiger partial charge in [-0.25, -0.2) is 4.39 Å². The molecule has 0 heterocycles. The van der Waals surface area contributed by atoms with E-state index in [4.69, 9.17) is 14.7 Å². The molecule has 2 aromatic carbocycles. The molecule has 2 rings (SSSR count). The quantitative estimate of drug-likeness (QED) is 0.846. The molecule has 0 aliphatic rings. The predicted molar refractivity (Wildman–Crippen MR) is 76.1 cm³/mol. The molecule has 3 nitrogen and oxygen atoms in total. The molecule has 0 spiro atoms. The summed E-state index contributed by atoms with van der Waals surface area (Å²) in [5, 5.41) is 8.80. The van der Waals surface area contributed by atoms with Crippen molar-refractivity contribution in [1.29, 1.82) is 5.26 Å². The van der Waals surface area contributed by atoms with Crippen LogP contribution in [0.2, 0.25) is 0 Å². The normalized spacial score (nSPS) is 9.90. The van der Waals surface area contributed by atoms with Crippen LogP contribution < -0.4 is 9.47 Å². The first-order chi connectivity index (χ1) is 9.67. The lowest BCUT2D eigenvalue weighted by molar-refractivity contribution is 0.278. The molecule has 0 atom stereocenters. The van der Waals surface area contributed by atoms with E-state index in [0.29, 0.717) is 21.5 Å². The first-order valence-electron chi connectivity index (χ1n) is 5.80. The van der Waals surface area contributed by atoms with E-state index in [9.17, 15) is 4.39 Å². The number of benzene rings is 2. The highest BCUT2D eigenvalue weighted by molar-refractivity contribution is 9.10. The topological polar surface area (TPSA) is 42.2 Å². The van der Waals surface area contributed by atoms with Gasteiger partial charge in [-0.15, -0.1) is 0 Å². The zero-order valence-electron chi connectivity index (χ0n) is 10.7. The first-order valence-corrected chi connectivity index (χ1v) is 6.59. The molecular formula is C15H11BrFNO2. The highest BCUT2D eigenvalue weighted by atomic mass is 79.9. The van der Waals surface area contributed by atoms with E-state index in [-0.39, 0.29) is 12.2 Å². The zero-order valence-corrected chi connectivity index (χ0v) is 12.3. The first kappa shape index (κ1) is 14.4. The van der Waals surface area contributed by atoms with Crippen LogP contribution in [0.5, 0.6) is 11.5 Å². The van der Waals surface area contributed by atoms with E-state index in [1.807, 2.05) is 6.07 Å². The lowest BCUT2D eigenvalue weighted by Crippen LogP contribution is -2.02. The highest BCUT2D eigenvalue weighted by Crippen LogP contribution is 2.35. The summed E-state index contributed by atoms with van der Waals surface area (Å²) in [6.07, 6.45) is 0. The predicted octanol–water partition coefficient (Wildman–Crippen LogP) is 4.05. The largest absolute Gasteiger partial charge is 0.493 e. The van der Waals surface area contributed by atoms with Crippen molar-refractivity contribution in [3.05, 3.63) is 57.8 Å². The van der Waals surface area contributed by atoms with E-state index in [2.05, 4.69) is 15.9 Å². The van der Waals surface area contributed by atoms with Crippen molar-refractivity contribution in [2.24, 2.45) is 0 Å². The van der Waals surface area contributed by atoms with E-state index in [1.165, 1.54) is 13.2 Å². The second-order valence-corrected chi connectivity index (χ2v) is 4.80. The number of ether oxygens (including phenoxy) is 2. The molecule has 102 valence electrons. The Morgan fingerprint density at radius 3 is 2.70 bits per heavy atom. The minimum absolute atomic E-state index is 0.00481. The summed E-state index contributed by atoms with van der Waals surface area (Å²) in [5.41, 5.74) is 0.326. The number of para-hydroxylation sites is 1. The van der Waals surface area contributed by atoms with Gasteiger partial charge in [0.25, 0.3) is 0 Å². The number of nitriles is 1. The summed E-state index contributed by atoms with van der Waals surface area (Å²) in [6, 6.07) is 11.8. The number of methoxy groups -OCH3 is 1. The molecule has 0 bridgehead atoms. The summed E-state index contributed by atoms with van der Waals surface area (Å²) in [5.74, 6) is 0.494. The summed E-state index contributed by atoms with van der Waals surface area (Å²) < 4.78 is 25.4. The Morgan fingerprint density at radius 1 is 1.25 bits per heavy atom. The smallest absolute Gasteiger partial charge is 0.175 e. The molecule has 2 aromatic rings. The van der Waals surface area contributed by atoms with Crippen molar-refractivity contribution in [3.8, 4) is 17.6 Å². The second kappa shape index (κ2) is 6.40. The molecule has 0 saturated carbocycles. The highest BCUT2D eigenvalue weighted by Gasteiger charge is 2.12. The van der Waals surface area contributed by atoms with Gasteiger partial charge in [-0.3, -0.25) is 0 Å². The van der Waals surface area contributed by atoms with Crippen LogP contribution in [0.25, 0.3) is 0 Å². The van der Waals surface area contributed by atoms with Crippen molar-refractivity contribution in [3.63, 3.8) is 0 Å². The monoisotopic (exact) mass is 335 g/mol. The van der Waals surface area contributed by atoms with Crippen LogP contribution in [0.4, 0.5) is 4.39 Å². The van der Waals surface area contributed by atoms with Gasteiger partial charge in [0.1, 0.15) is 18.5 Å². The van der Waals surface area contributed by atoms with Crippen LogP contribution in [0, 0.1) is 17.1 Å². The van der Waals surface area contributed by atoms with Crippen molar-refractivity contribution in [2.45, 2.75) is 6.61 Å². The SMILES string of the molecule is COc1cccc(Br)c1OCc1cccc(C#N)c1F. The third kappa shape index (κ3) is 2.91. The maximum Gasteiger partial charge on any atom is 0.175 e. The molecule has 0 radical (unpaired) electrons. The molecule has 0 N–H and O–H groups in total. The molecule has 20 heavy (non-hydrogen) atoms. The number of nitrogens with zero attached hydrogens (tertiary/aromatic N) is 1. The minimum atomic E-state index is -0.555. The fourth-order valence-electron chi connectivity index (χ4n) is 1.72. The third-order valence-electron chi connectivity index (χ3n) is 2.72. The summed E-state index contributed by atoms with van der Waals surface area (Å²) >= 11 is 3.36. The molecule has 0 aromatic heterocycles. The molecule has 0 unspecified atom stereocenters. The van der Waals surface area contributed by atoms with Gasteiger partial charge < -0.3 is 9.47 Å². The van der Waals surface area contributed by atoms with Gasteiger partial charge in [0.2, 0.25) is 0 Å². The number of rotatable bonds is 4. The van der Waals surface area contributed by atoms with E-state index in [1.54, 1.807) is 30.3 Å². The van der Waals surface area contributed by atoms with Crippen LogP contribution in [0.3, 0.4) is 0 Å². The van der Waals surface area contributed by atoms with Crippen LogP contribution in [0.15, 0.2) is 40.9 Å². The Balaban J connectivity index is 2.24. The van der Waals surface area contributed by atoms with Crippen molar-refractivity contribution in [1.82, 2.24) is 0 Å². The van der Waals surface area contributed by atoms with Crippen LogP contribution in [-0.4, -0.2) is 7.11 Å².